The minimum atomic E-state index is -4.65. The van der Waals surface area contributed by atoms with Gasteiger partial charge in [0.25, 0.3) is 0 Å². The highest BCUT2D eigenvalue weighted by atomic mass is 19.4. The van der Waals surface area contributed by atoms with Gasteiger partial charge >= 0.3 is 18.1 Å². The molecule has 0 aliphatic carbocycles. The van der Waals surface area contributed by atoms with E-state index in [0.29, 0.717) is 11.1 Å². The second-order valence-electron chi connectivity index (χ2n) is 7.15. The average molecular weight is 457 g/mol. The van der Waals surface area contributed by atoms with Gasteiger partial charge in [0.2, 0.25) is 0 Å². The Hall–Kier alpha value is -4.26. The highest BCUT2D eigenvalue weighted by Gasteiger charge is 2.41. The van der Waals surface area contributed by atoms with Gasteiger partial charge in [-0.15, -0.1) is 0 Å². The molecule has 33 heavy (non-hydrogen) atoms. The molecule has 0 aromatic heterocycles. The van der Waals surface area contributed by atoms with Crippen LogP contribution >= 0.6 is 0 Å². The Morgan fingerprint density at radius 1 is 1.15 bits per heavy atom. The molecular weight excluding hydrogens is 439 g/mol. The fourth-order valence-electron chi connectivity index (χ4n) is 3.77. The van der Waals surface area contributed by atoms with E-state index < -0.39 is 29.6 Å². The third-order valence-corrected chi connectivity index (χ3v) is 5.26. The Kier molecular flexibility index (Phi) is 6.17. The van der Waals surface area contributed by atoms with E-state index in [2.05, 4.69) is 0 Å². The van der Waals surface area contributed by atoms with Gasteiger partial charge in [-0.05, 0) is 42.8 Å². The molecule has 0 fully saturated rings. The molecule has 1 unspecified atom stereocenters. The second-order valence-corrected chi connectivity index (χ2v) is 7.15. The number of carbonyl (C=O) groups is 2. The number of benzene rings is 2. The maximum absolute atomic E-state index is 13.3. The van der Waals surface area contributed by atoms with Crippen molar-refractivity contribution >= 4 is 17.6 Å². The third kappa shape index (κ3) is 4.25. The van der Waals surface area contributed by atoms with Crippen LogP contribution in [-0.4, -0.2) is 24.2 Å². The van der Waals surface area contributed by atoms with Crippen LogP contribution in [0.15, 0.2) is 71.2 Å². The number of carboxylic acids is 1. The number of rotatable bonds is 4. The summed E-state index contributed by atoms with van der Waals surface area (Å²) in [5.74, 6) is -3.78. The number of nitrogens with two attached hydrogens (primary N) is 1. The second kappa shape index (κ2) is 8.70. The summed E-state index contributed by atoms with van der Waals surface area (Å²) < 4.78 is 44.7. The smallest absolute Gasteiger partial charge is 0.416 e. The summed E-state index contributed by atoms with van der Waals surface area (Å²) in [6, 6.07) is 12.0. The standard InChI is InChI=1S/C23H18F3N3O4/c1-12-17(21(30)31)18(14-8-6-13(11-27)7-9-14)19(22(32)33-2)20(28)29(12)16-5-3-4-15(10-16)23(24,25)26/h3-10,18H,28H2,1-2H3,(H,30,31). The van der Waals surface area contributed by atoms with Crippen molar-refractivity contribution in [1.82, 2.24) is 0 Å². The lowest BCUT2D eigenvalue weighted by Crippen LogP contribution is -2.39. The van der Waals surface area contributed by atoms with Crippen LogP contribution in [0.5, 0.6) is 0 Å². The third-order valence-electron chi connectivity index (χ3n) is 5.26. The first-order chi connectivity index (χ1) is 15.5. The van der Waals surface area contributed by atoms with Gasteiger partial charge in [0.05, 0.1) is 41.4 Å². The van der Waals surface area contributed by atoms with E-state index in [1.165, 1.54) is 37.3 Å². The SMILES string of the molecule is COC(=O)C1=C(N)N(c2cccc(C(F)(F)F)c2)C(C)=C(C(=O)O)C1c1ccc(C#N)cc1. The van der Waals surface area contributed by atoms with Crippen molar-refractivity contribution in [3.8, 4) is 6.07 Å². The van der Waals surface area contributed by atoms with Crippen molar-refractivity contribution in [2.24, 2.45) is 5.73 Å². The van der Waals surface area contributed by atoms with Crippen LogP contribution in [0.1, 0.15) is 29.5 Å². The highest BCUT2D eigenvalue weighted by molar-refractivity contribution is 6.01. The number of aliphatic carboxylic acids is 1. The number of hydrogen-bond donors (Lipinski definition) is 2. The van der Waals surface area contributed by atoms with Gasteiger partial charge in [-0.2, -0.15) is 18.4 Å². The van der Waals surface area contributed by atoms with Crippen LogP contribution in [0.2, 0.25) is 0 Å². The molecule has 1 atom stereocenters. The lowest BCUT2D eigenvalue weighted by molar-refractivity contribution is -0.138. The van der Waals surface area contributed by atoms with E-state index in [1.807, 2.05) is 6.07 Å². The van der Waals surface area contributed by atoms with Crippen LogP contribution in [0.3, 0.4) is 0 Å². The summed E-state index contributed by atoms with van der Waals surface area (Å²) in [6.07, 6.45) is -4.65. The molecule has 1 aliphatic rings. The molecule has 0 bridgehead atoms. The molecule has 170 valence electrons. The van der Waals surface area contributed by atoms with Gasteiger partial charge in [-0.3, -0.25) is 0 Å². The molecule has 10 heteroatoms. The number of nitriles is 1. The first-order valence-corrected chi connectivity index (χ1v) is 9.50. The molecule has 2 aromatic rings. The van der Waals surface area contributed by atoms with Crippen molar-refractivity contribution in [2.45, 2.75) is 19.0 Å². The molecular formula is C23H18F3N3O4. The number of carbonyl (C=O) groups excluding carboxylic acids is 1. The highest BCUT2D eigenvalue weighted by Crippen LogP contribution is 2.43. The summed E-state index contributed by atoms with van der Waals surface area (Å²) in [6.45, 7) is 1.39. The number of alkyl halides is 3. The molecule has 3 rings (SSSR count). The Morgan fingerprint density at radius 3 is 2.30 bits per heavy atom. The molecule has 3 N–H and O–H groups in total. The van der Waals surface area contributed by atoms with Crippen molar-refractivity contribution in [3.05, 3.63) is 87.9 Å². The molecule has 0 saturated carbocycles. The molecule has 2 aromatic carbocycles. The van der Waals surface area contributed by atoms with Crippen LogP contribution < -0.4 is 10.6 Å². The monoisotopic (exact) mass is 457 g/mol. The summed E-state index contributed by atoms with van der Waals surface area (Å²) in [7, 11) is 1.08. The average Bonchev–Trinajstić information content (AvgIpc) is 2.77. The molecule has 7 nitrogen and oxygen atoms in total. The van der Waals surface area contributed by atoms with E-state index in [9.17, 15) is 27.9 Å². The number of methoxy groups -OCH3 is 1. The first-order valence-electron chi connectivity index (χ1n) is 9.50. The zero-order valence-electron chi connectivity index (χ0n) is 17.5. The lowest BCUT2D eigenvalue weighted by Gasteiger charge is -2.36. The minimum absolute atomic E-state index is 0.0290. The number of halogens is 3. The van der Waals surface area contributed by atoms with E-state index in [1.54, 1.807) is 0 Å². The van der Waals surface area contributed by atoms with E-state index in [0.717, 1.165) is 30.2 Å². The van der Waals surface area contributed by atoms with E-state index >= 15 is 0 Å². The van der Waals surface area contributed by atoms with E-state index in [-0.39, 0.29) is 28.4 Å². The Bertz CT molecular complexity index is 1220. The number of hydrogen-bond acceptors (Lipinski definition) is 6. The van der Waals surface area contributed by atoms with Gasteiger partial charge < -0.3 is 20.5 Å². The van der Waals surface area contributed by atoms with Crippen molar-refractivity contribution in [1.29, 1.82) is 5.26 Å². The Balaban J connectivity index is 2.31. The minimum Gasteiger partial charge on any atom is -0.478 e. The van der Waals surface area contributed by atoms with Crippen LogP contribution in [-0.2, 0) is 20.5 Å². The summed E-state index contributed by atoms with van der Waals surface area (Å²) in [5, 5.41) is 19.1. The first kappa shape index (κ1) is 23.4. The zero-order chi connectivity index (χ0) is 24.5. The number of anilines is 1. The Labute approximate surface area is 186 Å². The van der Waals surface area contributed by atoms with Crippen LogP contribution in [0, 0.1) is 11.3 Å². The molecule has 1 aliphatic heterocycles. The quantitative estimate of drug-likeness (QED) is 0.669. The van der Waals surface area contributed by atoms with Crippen LogP contribution in [0.25, 0.3) is 0 Å². The number of nitrogens with zero attached hydrogens (tertiary/aromatic N) is 2. The number of ether oxygens (including phenoxy) is 1. The largest absolute Gasteiger partial charge is 0.478 e. The molecule has 0 spiro atoms. The van der Waals surface area contributed by atoms with Gasteiger partial charge in [0, 0.05) is 11.4 Å². The fourth-order valence-corrected chi connectivity index (χ4v) is 3.77. The predicted molar refractivity (Wildman–Crippen MR) is 111 cm³/mol. The maximum atomic E-state index is 13.3. The molecule has 1 heterocycles. The van der Waals surface area contributed by atoms with E-state index in [4.69, 9.17) is 15.7 Å². The van der Waals surface area contributed by atoms with Gasteiger partial charge in [0.1, 0.15) is 5.82 Å². The predicted octanol–water partition coefficient (Wildman–Crippen LogP) is 3.88. The topological polar surface area (TPSA) is 117 Å². The number of esters is 1. The summed E-state index contributed by atoms with van der Waals surface area (Å²) in [4.78, 5) is 26.1. The fraction of sp³-hybridized carbons (Fsp3) is 0.174. The van der Waals surface area contributed by atoms with Crippen LogP contribution in [0.4, 0.5) is 18.9 Å². The molecule has 0 saturated heterocycles. The number of allylic oxidation sites excluding steroid dienone is 1. The summed E-state index contributed by atoms with van der Waals surface area (Å²) >= 11 is 0. The van der Waals surface area contributed by atoms with Gasteiger partial charge in [0.15, 0.2) is 0 Å². The lowest BCUT2D eigenvalue weighted by atomic mass is 9.80. The van der Waals surface area contributed by atoms with Gasteiger partial charge in [-0.25, -0.2) is 9.59 Å². The summed E-state index contributed by atoms with van der Waals surface area (Å²) in [5.41, 5.74) is 5.40. The van der Waals surface area contributed by atoms with Gasteiger partial charge in [-0.1, -0.05) is 18.2 Å². The van der Waals surface area contributed by atoms with Crippen molar-refractivity contribution in [3.63, 3.8) is 0 Å². The number of carboxylic acid groups (broad SMARTS) is 1. The molecule has 0 amide bonds. The normalized spacial score (nSPS) is 16.5. The zero-order valence-corrected chi connectivity index (χ0v) is 17.5. The molecule has 0 radical (unpaired) electrons. The van der Waals surface area contributed by atoms with Crippen molar-refractivity contribution in [2.75, 3.05) is 12.0 Å². The Morgan fingerprint density at radius 2 is 1.79 bits per heavy atom. The van der Waals surface area contributed by atoms with Crippen molar-refractivity contribution < 1.29 is 32.6 Å². The maximum Gasteiger partial charge on any atom is 0.416 e.